The highest BCUT2D eigenvalue weighted by molar-refractivity contribution is 5.80. The van der Waals surface area contributed by atoms with Crippen LogP contribution in [0.5, 0.6) is 5.75 Å². The first-order valence-electron chi connectivity index (χ1n) is 11.2. The Bertz CT molecular complexity index is 695. The normalized spacial score (nSPS) is 21.7. The topological polar surface area (TPSA) is 71.0 Å². The molecule has 6 nitrogen and oxygen atoms in total. The number of aliphatic hydroxyl groups is 1. The zero-order chi connectivity index (χ0) is 21.6. The number of nitrogens with zero attached hydrogens (tertiary/aromatic N) is 1. The largest absolute Gasteiger partial charge is 0.491 e. The lowest BCUT2D eigenvalue weighted by atomic mass is 9.71. The third-order valence-electron chi connectivity index (χ3n) is 6.36. The minimum Gasteiger partial charge on any atom is -0.491 e. The average Bonchev–Trinajstić information content (AvgIpc) is 3.03. The van der Waals surface area contributed by atoms with Gasteiger partial charge in [0.05, 0.1) is 12.5 Å². The third-order valence-corrected chi connectivity index (χ3v) is 6.36. The van der Waals surface area contributed by atoms with Gasteiger partial charge in [0.25, 0.3) is 0 Å². The van der Waals surface area contributed by atoms with Gasteiger partial charge in [-0.25, -0.2) is 0 Å². The van der Waals surface area contributed by atoms with Crippen molar-refractivity contribution in [1.29, 1.82) is 0 Å². The van der Waals surface area contributed by atoms with Crippen molar-refractivity contribution in [3.8, 4) is 5.75 Å². The van der Waals surface area contributed by atoms with Gasteiger partial charge in [0, 0.05) is 44.8 Å². The molecular weight excluding hydrogens is 380 g/mol. The first kappa shape index (κ1) is 23.0. The minimum absolute atomic E-state index is 0.00689. The highest BCUT2D eigenvalue weighted by atomic mass is 16.5. The van der Waals surface area contributed by atoms with Crippen LogP contribution in [0.1, 0.15) is 45.6 Å². The first-order chi connectivity index (χ1) is 14.3. The molecule has 168 valence electrons. The number of carbonyl (C=O) groups is 1. The number of benzene rings is 1. The van der Waals surface area contributed by atoms with Gasteiger partial charge < -0.3 is 19.9 Å². The number of amides is 1. The van der Waals surface area contributed by atoms with Crippen molar-refractivity contribution in [2.24, 2.45) is 16.7 Å². The fraction of sp³-hybridized carbons (Fsp3) is 0.708. The minimum atomic E-state index is 0.00689. The lowest BCUT2D eigenvalue weighted by Gasteiger charge is -2.37. The van der Waals surface area contributed by atoms with Crippen LogP contribution in [-0.2, 0) is 16.1 Å². The number of carbonyl (C=O) groups excluding carboxylic acids is 1. The maximum atomic E-state index is 13.2. The molecule has 2 heterocycles. The molecular formula is C24H38N2O4. The van der Waals surface area contributed by atoms with Crippen LogP contribution in [0.2, 0.25) is 0 Å². The van der Waals surface area contributed by atoms with E-state index in [9.17, 15) is 4.79 Å². The predicted octanol–water partition coefficient (Wildman–Crippen LogP) is 2.84. The van der Waals surface area contributed by atoms with Gasteiger partial charge in [-0.15, -0.1) is 0 Å². The molecule has 2 saturated heterocycles. The van der Waals surface area contributed by atoms with E-state index < -0.39 is 0 Å². The molecule has 2 fully saturated rings. The molecule has 0 unspecified atom stereocenters. The number of ether oxygens (including phenoxy) is 2. The second kappa shape index (κ2) is 10.1. The smallest absolute Gasteiger partial charge is 0.225 e. The van der Waals surface area contributed by atoms with Crippen LogP contribution in [0, 0.1) is 16.7 Å². The Kier molecular flexibility index (Phi) is 7.77. The molecule has 1 atom stereocenters. The molecule has 1 spiro atoms. The summed E-state index contributed by atoms with van der Waals surface area (Å²) >= 11 is 0. The number of likely N-dealkylation sites (tertiary alicyclic amines) is 1. The van der Waals surface area contributed by atoms with Crippen molar-refractivity contribution in [3.05, 3.63) is 29.8 Å². The van der Waals surface area contributed by atoms with E-state index in [0.29, 0.717) is 6.61 Å². The van der Waals surface area contributed by atoms with Crippen molar-refractivity contribution in [2.75, 3.05) is 46.1 Å². The maximum Gasteiger partial charge on any atom is 0.225 e. The van der Waals surface area contributed by atoms with Gasteiger partial charge in [0.2, 0.25) is 5.91 Å². The van der Waals surface area contributed by atoms with Crippen LogP contribution >= 0.6 is 0 Å². The standard InChI is InChI=1S/C24H38N2O4/c1-23(2,3)7-10-25-22(28)21-17-26(18-24(21)8-12-29-13-9-24)16-19-5-4-6-20(15-19)30-14-11-27/h4-6,15,21,27H,7-14,16-18H2,1-3H3,(H,25,28)/t21-/m1/s1. The van der Waals surface area contributed by atoms with Crippen LogP contribution < -0.4 is 10.1 Å². The number of hydrogen-bond acceptors (Lipinski definition) is 5. The van der Waals surface area contributed by atoms with Crippen LogP contribution in [0.15, 0.2) is 24.3 Å². The van der Waals surface area contributed by atoms with Crippen LogP contribution in [0.3, 0.4) is 0 Å². The van der Waals surface area contributed by atoms with Crippen molar-refractivity contribution in [3.63, 3.8) is 0 Å². The monoisotopic (exact) mass is 418 g/mol. The van der Waals surface area contributed by atoms with Gasteiger partial charge in [0.1, 0.15) is 12.4 Å². The molecule has 0 radical (unpaired) electrons. The van der Waals surface area contributed by atoms with E-state index in [0.717, 1.165) is 64.4 Å². The number of hydrogen-bond donors (Lipinski definition) is 2. The molecule has 6 heteroatoms. The van der Waals surface area contributed by atoms with Crippen LogP contribution in [0.25, 0.3) is 0 Å². The Labute approximate surface area is 180 Å². The van der Waals surface area contributed by atoms with Gasteiger partial charge in [0.15, 0.2) is 0 Å². The second-order valence-corrected chi connectivity index (χ2v) is 10.0. The fourth-order valence-electron chi connectivity index (χ4n) is 4.68. The molecule has 0 saturated carbocycles. The van der Waals surface area contributed by atoms with Gasteiger partial charge in [-0.2, -0.15) is 0 Å². The van der Waals surface area contributed by atoms with E-state index in [1.54, 1.807) is 0 Å². The van der Waals surface area contributed by atoms with Gasteiger partial charge in [-0.3, -0.25) is 9.69 Å². The lowest BCUT2D eigenvalue weighted by Crippen LogP contribution is -2.44. The average molecular weight is 419 g/mol. The van der Waals surface area contributed by atoms with E-state index in [2.05, 4.69) is 37.1 Å². The molecule has 30 heavy (non-hydrogen) atoms. The van der Waals surface area contributed by atoms with Gasteiger partial charge in [-0.05, 0) is 42.4 Å². The van der Waals surface area contributed by atoms with Gasteiger partial charge >= 0.3 is 0 Å². The molecule has 2 aliphatic rings. The zero-order valence-corrected chi connectivity index (χ0v) is 18.8. The number of rotatable bonds is 8. The van der Waals surface area contributed by atoms with Crippen LogP contribution in [0.4, 0.5) is 0 Å². The highest BCUT2D eigenvalue weighted by Crippen LogP contribution is 2.45. The van der Waals surface area contributed by atoms with E-state index in [1.807, 2.05) is 18.2 Å². The summed E-state index contributed by atoms with van der Waals surface area (Å²) in [5.41, 5.74) is 1.39. The summed E-state index contributed by atoms with van der Waals surface area (Å²) < 4.78 is 11.2. The van der Waals surface area contributed by atoms with E-state index in [4.69, 9.17) is 14.6 Å². The Morgan fingerprint density at radius 1 is 1.33 bits per heavy atom. The molecule has 0 bridgehead atoms. The number of nitrogens with one attached hydrogen (secondary N) is 1. The van der Waals surface area contributed by atoms with Crippen molar-refractivity contribution < 1.29 is 19.4 Å². The van der Waals surface area contributed by atoms with E-state index in [-0.39, 0.29) is 29.3 Å². The highest BCUT2D eigenvalue weighted by Gasteiger charge is 2.50. The van der Waals surface area contributed by atoms with E-state index >= 15 is 0 Å². The van der Waals surface area contributed by atoms with Crippen molar-refractivity contribution in [2.45, 2.75) is 46.6 Å². The van der Waals surface area contributed by atoms with Gasteiger partial charge in [-0.1, -0.05) is 32.9 Å². The summed E-state index contributed by atoms with van der Waals surface area (Å²) in [5, 5.41) is 12.2. The summed E-state index contributed by atoms with van der Waals surface area (Å²) in [6.45, 7) is 11.6. The lowest BCUT2D eigenvalue weighted by molar-refractivity contribution is -0.129. The Morgan fingerprint density at radius 2 is 2.10 bits per heavy atom. The van der Waals surface area contributed by atoms with Crippen LogP contribution in [-0.4, -0.2) is 62.0 Å². The predicted molar refractivity (Wildman–Crippen MR) is 117 cm³/mol. The second-order valence-electron chi connectivity index (χ2n) is 10.0. The molecule has 1 amide bonds. The zero-order valence-electron chi connectivity index (χ0n) is 18.8. The molecule has 0 aromatic heterocycles. The quantitative estimate of drug-likeness (QED) is 0.679. The Hall–Kier alpha value is -1.63. The third kappa shape index (κ3) is 6.19. The Balaban J connectivity index is 1.65. The van der Waals surface area contributed by atoms with Crippen molar-refractivity contribution in [1.82, 2.24) is 10.2 Å². The summed E-state index contributed by atoms with van der Waals surface area (Å²) in [6, 6.07) is 8.02. The summed E-state index contributed by atoms with van der Waals surface area (Å²) in [7, 11) is 0. The first-order valence-corrected chi connectivity index (χ1v) is 11.2. The van der Waals surface area contributed by atoms with Crippen molar-refractivity contribution >= 4 is 5.91 Å². The molecule has 2 aliphatic heterocycles. The SMILES string of the molecule is CC(C)(C)CCNC(=O)[C@H]1CN(Cc2cccc(OCCO)c2)CC12CCOCC2. The summed E-state index contributed by atoms with van der Waals surface area (Å²) in [5.74, 6) is 0.983. The molecule has 2 N–H and O–H groups in total. The summed E-state index contributed by atoms with van der Waals surface area (Å²) in [4.78, 5) is 15.6. The molecule has 1 aromatic rings. The van der Waals surface area contributed by atoms with E-state index in [1.165, 1.54) is 5.56 Å². The Morgan fingerprint density at radius 3 is 2.80 bits per heavy atom. The molecule has 0 aliphatic carbocycles. The maximum absolute atomic E-state index is 13.2. The fourth-order valence-corrected chi connectivity index (χ4v) is 4.68. The molecule has 3 rings (SSSR count). The molecule has 1 aromatic carbocycles. The summed E-state index contributed by atoms with van der Waals surface area (Å²) in [6.07, 6.45) is 2.87. The number of aliphatic hydroxyl groups excluding tert-OH is 1.